The molecule has 0 saturated heterocycles. The van der Waals surface area contributed by atoms with E-state index in [1.165, 1.54) is 16.8 Å². The maximum Gasteiger partial charge on any atom is 0.0639 e. The summed E-state index contributed by atoms with van der Waals surface area (Å²) in [5.41, 5.74) is 5.08. The van der Waals surface area contributed by atoms with Crippen LogP contribution >= 0.6 is 11.6 Å². The van der Waals surface area contributed by atoms with Gasteiger partial charge in [0.2, 0.25) is 0 Å². The second kappa shape index (κ2) is 4.30. The Morgan fingerprint density at radius 3 is 2.62 bits per heavy atom. The van der Waals surface area contributed by atoms with Crippen LogP contribution < -0.4 is 0 Å². The van der Waals surface area contributed by atoms with Gasteiger partial charge in [-0.3, -0.25) is 4.98 Å². The molecule has 0 aliphatic carbocycles. The van der Waals surface area contributed by atoms with Crippen molar-refractivity contribution in [1.82, 2.24) is 9.55 Å². The Morgan fingerprint density at radius 2 is 2.06 bits per heavy atom. The molecule has 84 valence electrons. The van der Waals surface area contributed by atoms with Crippen molar-refractivity contribution in [3.8, 4) is 0 Å². The predicted octanol–water partition coefficient (Wildman–Crippen LogP) is 3.51. The van der Waals surface area contributed by atoms with Gasteiger partial charge >= 0.3 is 0 Å². The molecule has 0 aliphatic heterocycles. The van der Waals surface area contributed by atoms with E-state index in [-0.39, 0.29) is 0 Å². The van der Waals surface area contributed by atoms with E-state index in [9.17, 15) is 0 Å². The maximum atomic E-state index is 6.10. The van der Waals surface area contributed by atoms with Crippen LogP contribution in [0.15, 0.2) is 24.7 Å². The minimum Gasteiger partial charge on any atom is -0.347 e. The van der Waals surface area contributed by atoms with E-state index in [1.54, 1.807) is 12.4 Å². The minimum atomic E-state index is 0.728. The SMILES string of the molecule is Cc1cn(Cc2ccncc2Cl)c(C)c1C. The number of halogens is 1. The largest absolute Gasteiger partial charge is 0.347 e. The molecule has 0 bridgehead atoms. The fourth-order valence-corrected chi connectivity index (χ4v) is 1.99. The van der Waals surface area contributed by atoms with Crippen molar-refractivity contribution < 1.29 is 0 Å². The zero-order valence-corrected chi connectivity index (χ0v) is 10.5. The van der Waals surface area contributed by atoms with Crippen molar-refractivity contribution >= 4 is 11.6 Å². The normalized spacial score (nSPS) is 10.8. The lowest BCUT2D eigenvalue weighted by Gasteiger charge is -2.07. The monoisotopic (exact) mass is 234 g/mol. The zero-order valence-electron chi connectivity index (χ0n) is 9.79. The molecule has 0 unspecified atom stereocenters. The van der Waals surface area contributed by atoms with E-state index < -0.39 is 0 Å². The highest BCUT2D eigenvalue weighted by atomic mass is 35.5. The van der Waals surface area contributed by atoms with Crippen molar-refractivity contribution in [3.05, 3.63) is 52.1 Å². The third-order valence-corrected chi connectivity index (χ3v) is 3.45. The first-order valence-corrected chi connectivity index (χ1v) is 5.68. The number of pyridine rings is 1. The summed E-state index contributed by atoms with van der Waals surface area (Å²) in [6, 6.07) is 1.96. The summed E-state index contributed by atoms with van der Waals surface area (Å²) in [6.07, 6.45) is 5.64. The van der Waals surface area contributed by atoms with E-state index in [1.807, 2.05) is 6.07 Å². The van der Waals surface area contributed by atoms with Crippen LogP contribution in [-0.4, -0.2) is 9.55 Å². The number of aryl methyl sites for hydroxylation is 1. The molecule has 3 heteroatoms. The fourth-order valence-electron chi connectivity index (χ4n) is 1.81. The maximum absolute atomic E-state index is 6.10. The summed E-state index contributed by atoms with van der Waals surface area (Å²) in [4.78, 5) is 3.99. The molecule has 0 atom stereocenters. The zero-order chi connectivity index (χ0) is 11.7. The van der Waals surface area contributed by atoms with Crippen LogP contribution in [-0.2, 0) is 6.54 Å². The number of nitrogens with zero attached hydrogens (tertiary/aromatic N) is 2. The van der Waals surface area contributed by atoms with Gasteiger partial charge in [0.05, 0.1) is 5.02 Å². The summed E-state index contributed by atoms with van der Waals surface area (Å²) >= 11 is 6.10. The van der Waals surface area contributed by atoms with E-state index in [2.05, 4.69) is 36.5 Å². The second-order valence-electron chi connectivity index (χ2n) is 4.12. The first-order chi connectivity index (χ1) is 7.59. The van der Waals surface area contributed by atoms with Gasteiger partial charge < -0.3 is 4.57 Å². The molecule has 0 saturated carbocycles. The number of hydrogen-bond acceptors (Lipinski definition) is 1. The molecule has 2 rings (SSSR count). The number of hydrogen-bond donors (Lipinski definition) is 0. The van der Waals surface area contributed by atoms with Crippen molar-refractivity contribution in [2.45, 2.75) is 27.3 Å². The van der Waals surface area contributed by atoms with Crippen molar-refractivity contribution in [3.63, 3.8) is 0 Å². The van der Waals surface area contributed by atoms with Gasteiger partial charge in [-0.05, 0) is 43.5 Å². The van der Waals surface area contributed by atoms with Gasteiger partial charge in [0.15, 0.2) is 0 Å². The Hall–Kier alpha value is -1.28. The Labute approximate surface area is 101 Å². The first-order valence-electron chi connectivity index (χ1n) is 5.31. The minimum absolute atomic E-state index is 0.728. The van der Waals surface area contributed by atoms with E-state index in [0.717, 1.165) is 17.1 Å². The van der Waals surface area contributed by atoms with Gasteiger partial charge in [-0.1, -0.05) is 11.6 Å². The molecule has 2 aromatic rings. The molecule has 0 spiro atoms. The molecule has 0 aliphatic rings. The number of aromatic nitrogens is 2. The Bertz CT molecular complexity index is 515. The smallest absolute Gasteiger partial charge is 0.0639 e. The quantitative estimate of drug-likeness (QED) is 0.778. The third-order valence-electron chi connectivity index (χ3n) is 3.11. The summed E-state index contributed by atoms with van der Waals surface area (Å²) < 4.78 is 2.23. The second-order valence-corrected chi connectivity index (χ2v) is 4.52. The topological polar surface area (TPSA) is 17.8 Å². The van der Waals surface area contributed by atoms with E-state index >= 15 is 0 Å². The van der Waals surface area contributed by atoms with Gasteiger partial charge in [-0.25, -0.2) is 0 Å². The average Bonchev–Trinajstić information content (AvgIpc) is 2.50. The van der Waals surface area contributed by atoms with Crippen LogP contribution in [0.2, 0.25) is 5.02 Å². The molecule has 16 heavy (non-hydrogen) atoms. The van der Waals surface area contributed by atoms with Gasteiger partial charge in [0, 0.05) is 30.8 Å². The van der Waals surface area contributed by atoms with Crippen LogP contribution in [0.5, 0.6) is 0 Å². The summed E-state index contributed by atoms with van der Waals surface area (Å²) in [5.74, 6) is 0. The third kappa shape index (κ3) is 1.98. The van der Waals surface area contributed by atoms with Crippen LogP contribution in [0.1, 0.15) is 22.4 Å². The molecule has 0 fully saturated rings. The Morgan fingerprint density at radius 1 is 1.31 bits per heavy atom. The highest BCUT2D eigenvalue weighted by molar-refractivity contribution is 6.31. The van der Waals surface area contributed by atoms with Crippen molar-refractivity contribution in [1.29, 1.82) is 0 Å². The highest BCUT2D eigenvalue weighted by Gasteiger charge is 2.07. The van der Waals surface area contributed by atoms with Gasteiger partial charge in [0.1, 0.15) is 0 Å². The molecule has 0 radical (unpaired) electrons. The van der Waals surface area contributed by atoms with Crippen LogP contribution in [0.25, 0.3) is 0 Å². The van der Waals surface area contributed by atoms with Gasteiger partial charge in [-0.2, -0.15) is 0 Å². The van der Waals surface area contributed by atoms with Crippen molar-refractivity contribution in [2.75, 3.05) is 0 Å². The molecule has 0 N–H and O–H groups in total. The van der Waals surface area contributed by atoms with Crippen LogP contribution in [0.3, 0.4) is 0 Å². The molecular formula is C13H15ClN2. The van der Waals surface area contributed by atoms with Crippen LogP contribution in [0, 0.1) is 20.8 Å². The lowest BCUT2D eigenvalue weighted by Crippen LogP contribution is -2.01. The van der Waals surface area contributed by atoms with Gasteiger partial charge in [0.25, 0.3) is 0 Å². The lowest BCUT2D eigenvalue weighted by atomic mass is 10.2. The fraction of sp³-hybridized carbons (Fsp3) is 0.308. The Kier molecular flexibility index (Phi) is 3.01. The van der Waals surface area contributed by atoms with E-state index in [4.69, 9.17) is 11.6 Å². The van der Waals surface area contributed by atoms with Crippen molar-refractivity contribution in [2.24, 2.45) is 0 Å². The van der Waals surface area contributed by atoms with E-state index in [0.29, 0.717) is 0 Å². The number of rotatable bonds is 2. The summed E-state index contributed by atoms with van der Waals surface area (Å²) in [6.45, 7) is 7.22. The van der Waals surface area contributed by atoms with Gasteiger partial charge in [-0.15, -0.1) is 0 Å². The molecule has 0 aromatic carbocycles. The lowest BCUT2D eigenvalue weighted by molar-refractivity contribution is 0.771. The Balaban J connectivity index is 2.34. The average molecular weight is 235 g/mol. The summed E-state index contributed by atoms with van der Waals surface area (Å²) in [7, 11) is 0. The molecule has 2 heterocycles. The molecule has 0 amide bonds. The van der Waals surface area contributed by atoms with Crippen LogP contribution in [0.4, 0.5) is 0 Å². The first kappa shape index (κ1) is 11.2. The predicted molar refractivity (Wildman–Crippen MR) is 67.0 cm³/mol. The standard InChI is InChI=1S/C13H15ClN2/c1-9-7-16(11(3)10(9)2)8-12-4-5-15-6-13(12)14/h4-7H,8H2,1-3H3. The summed E-state index contributed by atoms with van der Waals surface area (Å²) in [5, 5.41) is 0.728. The molecule has 2 aromatic heterocycles. The molecule has 2 nitrogen and oxygen atoms in total. The molecular weight excluding hydrogens is 220 g/mol. The highest BCUT2D eigenvalue weighted by Crippen LogP contribution is 2.19.